The second-order valence-corrected chi connectivity index (χ2v) is 5.24. The maximum Gasteiger partial charge on any atom is 0.308 e. The molecular formula is C18H18O5. The molecule has 0 aliphatic carbocycles. The van der Waals surface area contributed by atoms with Crippen molar-refractivity contribution in [1.82, 2.24) is 0 Å². The SMILES string of the molecule is CC(=O)Oc1ccc(OCc2ccccc2)cc1OC[C@H]1CO1. The van der Waals surface area contributed by atoms with E-state index >= 15 is 0 Å². The Morgan fingerprint density at radius 2 is 1.91 bits per heavy atom. The van der Waals surface area contributed by atoms with Crippen molar-refractivity contribution in [2.24, 2.45) is 0 Å². The van der Waals surface area contributed by atoms with Crippen LogP contribution < -0.4 is 14.2 Å². The van der Waals surface area contributed by atoms with E-state index in [9.17, 15) is 4.79 Å². The lowest BCUT2D eigenvalue weighted by Crippen LogP contribution is -2.08. The van der Waals surface area contributed by atoms with Crippen molar-refractivity contribution >= 4 is 5.97 Å². The molecule has 120 valence electrons. The molecule has 5 nitrogen and oxygen atoms in total. The Hall–Kier alpha value is -2.53. The molecule has 0 saturated carbocycles. The van der Waals surface area contributed by atoms with Crippen molar-refractivity contribution in [3.63, 3.8) is 0 Å². The third-order valence-electron chi connectivity index (χ3n) is 3.24. The summed E-state index contributed by atoms with van der Waals surface area (Å²) >= 11 is 0. The van der Waals surface area contributed by atoms with Gasteiger partial charge in [0.25, 0.3) is 0 Å². The Bertz CT molecular complexity index is 664. The normalized spacial score (nSPS) is 15.8. The highest BCUT2D eigenvalue weighted by atomic mass is 16.6. The molecule has 2 aromatic rings. The Kier molecular flexibility index (Phi) is 4.78. The number of epoxide rings is 1. The summed E-state index contributed by atoms with van der Waals surface area (Å²) in [7, 11) is 0. The molecule has 0 unspecified atom stereocenters. The zero-order valence-corrected chi connectivity index (χ0v) is 12.9. The van der Waals surface area contributed by atoms with E-state index in [0.29, 0.717) is 37.1 Å². The number of carbonyl (C=O) groups is 1. The molecule has 1 heterocycles. The van der Waals surface area contributed by atoms with Gasteiger partial charge in [0.15, 0.2) is 11.5 Å². The van der Waals surface area contributed by atoms with Gasteiger partial charge in [-0.25, -0.2) is 0 Å². The quantitative estimate of drug-likeness (QED) is 0.447. The highest BCUT2D eigenvalue weighted by molar-refractivity contribution is 5.70. The van der Waals surface area contributed by atoms with Crippen LogP contribution in [0.5, 0.6) is 17.2 Å². The molecule has 0 bridgehead atoms. The fraction of sp³-hybridized carbons (Fsp3) is 0.278. The first-order valence-corrected chi connectivity index (χ1v) is 7.44. The van der Waals surface area contributed by atoms with Crippen molar-refractivity contribution in [1.29, 1.82) is 0 Å². The molecule has 1 aliphatic rings. The standard InChI is InChI=1S/C18H18O5/c1-13(19)23-17-8-7-15(9-18(17)22-12-16-11-21-16)20-10-14-5-3-2-4-6-14/h2-9,16H,10-12H2,1H3/t16-/m1/s1. The largest absolute Gasteiger partial charge is 0.489 e. The van der Waals surface area contributed by atoms with Gasteiger partial charge in [0.1, 0.15) is 25.1 Å². The van der Waals surface area contributed by atoms with Crippen LogP contribution in [-0.2, 0) is 16.1 Å². The lowest BCUT2D eigenvalue weighted by molar-refractivity contribution is -0.132. The summed E-state index contributed by atoms with van der Waals surface area (Å²) in [5.74, 6) is 1.11. The van der Waals surface area contributed by atoms with Crippen LogP contribution in [0.4, 0.5) is 0 Å². The van der Waals surface area contributed by atoms with Crippen molar-refractivity contribution in [2.75, 3.05) is 13.2 Å². The van der Waals surface area contributed by atoms with Gasteiger partial charge in [-0.05, 0) is 17.7 Å². The number of ether oxygens (including phenoxy) is 4. The number of esters is 1. The highest BCUT2D eigenvalue weighted by Gasteiger charge is 2.24. The van der Waals surface area contributed by atoms with Gasteiger partial charge in [-0.3, -0.25) is 4.79 Å². The number of hydrogen-bond acceptors (Lipinski definition) is 5. The van der Waals surface area contributed by atoms with E-state index in [0.717, 1.165) is 5.56 Å². The van der Waals surface area contributed by atoms with E-state index < -0.39 is 5.97 Å². The van der Waals surface area contributed by atoms with Crippen LogP contribution in [0.25, 0.3) is 0 Å². The first kappa shape index (κ1) is 15.4. The topological polar surface area (TPSA) is 57.3 Å². The minimum Gasteiger partial charge on any atom is -0.489 e. The van der Waals surface area contributed by atoms with E-state index in [4.69, 9.17) is 18.9 Å². The minimum atomic E-state index is -0.393. The molecule has 0 N–H and O–H groups in total. The smallest absolute Gasteiger partial charge is 0.308 e. The van der Waals surface area contributed by atoms with Gasteiger partial charge in [0.05, 0.1) is 6.61 Å². The molecule has 1 aliphatic heterocycles. The summed E-state index contributed by atoms with van der Waals surface area (Å²) in [6.07, 6.45) is 0.120. The van der Waals surface area contributed by atoms with Crippen LogP contribution in [-0.4, -0.2) is 25.3 Å². The van der Waals surface area contributed by atoms with Gasteiger partial charge >= 0.3 is 5.97 Å². The Balaban J connectivity index is 1.69. The van der Waals surface area contributed by atoms with E-state index in [2.05, 4.69) is 0 Å². The predicted octanol–water partition coefficient (Wildman–Crippen LogP) is 2.97. The van der Waals surface area contributed by atoms with Gasteiger partial charge in [0.2, 0.25) is 0 Å². The number of carbonyl (C=O) groups excluding carboxylic acids is 1. The summed E-state index contributed by atoms with van der Waals surface area (Å²) in [5, 5.41) is 0. The van der Waals surface area contributed by atoms with Crippen LogP contribution in [0.2, 0.25) is 0 Å². The fourth-order valence-corrected chi connectivity index (χ4v) is 2.02. The van der Waals surface area contributed by atoms with Gasteiger partial charge in [-0.1, -0.05) is 30.3 Å². The zero-order chi connectivity index (χ0) is 16.1. The van der Waals surface area contributed by atoms with Gasteiger partial charge in [0, 0.05) is 13.0 Å². The van der Waals surface area contributed by atoms with Crippen molar-refractivity contribution in [3.8, 4) is 17.2 Å². The Morgan fingerprint density at radius 3 is 2.61 bits per heavy atom. The number of benzene rings is 2. The Labute approximate surface area is 134 Å². The minimum absolute atomic E-state index is 0.120. The van der Waals surface area contributed by atoms with Gasteiger partial charge in [-0.2, -0.15) is 0 Å². The van der Waals surface area contributed by atoms with Crippen molar-refractivity contribution in [2.45, 2.75) is 19.6 Å². The van der Waals surface area contributed by atoms with Crippen molar-refractivity contribution < 1.29 is 23.7 Å². The molecule has 3 rings (SSSR count). The van der Waals surface area contributed by atoms with E-state index in [-0.39, 0.29) is 6.10 Å². The Morgan fingerprint density at radius 1 is 1.13 bits per heavy atom. The van der Waals surface area contributed by atoms with Crippen LogP contribution >= 0.6 is 0 Å². The second kappa shape index (κ2) is 7.15. The molecule has 1 saturated heterocycles. The molecule has 0 aromatic heterocycles. The van der Waals surface area contributed by atoms with Gasteiger partial charge in [-0.15, -0.1) is 0 Å². The average molecular weight is 314 g/mol. The third kappa shape index (κ3) is 4.72. The lowest BCUT2D eigenvalue weighted by atomic mass is 10.2. The number of hydrogen-bond donors (Lipinski definition) is 0. The van der Waals surface area contributed by atoms with E-state index in [1.54, 1.807) is 18.2 Å². The molecule has 5 heteroatoms. The fourth-order valence-electron chi connectivity index (χ4n) is 2.02. The first-order valence-electron chi connectivity index (χ1n) is 7.44. The summed E-state index contributed by atoms with van der Waals surface area (Å²) in [5.41, 5.74) is 1.07. The summed E-state index contributed by atoms with van der Waals surface area (Å²) in [4.78, 5) is 11.2. The molecule has 1 atom stereocenters. The van der Waals surface area contributed by atoms with Gasteiger partial charge < -0.3 is 18.9 Å². The maximum absolute atomic E-state index is 11.2. The summed E-state index contributed by atoms with van der Waals surface area (Å²) in [6.45, 7) is 2.94. The first-order chi connectivity index (χ1) is 11.2. The molecule has 1 fully saturated rings. The van der Waals surface area contributed by atoms with E-state index in [1.165, 1.54) is 6.92 Å². The lowest BCUT2D eigenvalue weighted by Gasteiger charge is -2.13. The molecule has 2 aromatic carbocycles. The molecular weight excluding hydrogens is 296 g/mol. The van der Waals surface area contributed by atoms with Crippen molar-refractivity contribution in [3.05, 3.63) is 54.1 Å². The average Bonchev–Trinajstić information content (AvgIpc) is 3.37. The molecule has 0 amide bonds. The summed E-state index contributed by atoms with van der Waals surface area (Å²) in [6, 6.07) is 15.0. The predicted molar refractivity (Wildman–Crippen MR) is 83.8 cm³/mol. The summed E-state index contributed by atoms with van der Waals surface area (Å²) < 4.78 is 21.7. The van der Waals surface area contributed by atoms with Crippen LogP contribution in [0, 0.1) is 0 Å². The second-order valence-electron chi connectivity index (χ2n) is 5.24. The van der Waals surface area contributed by atoms with Crippen LogP contribution in [0.3, 0.4) is 0 Å². The highest BCUT2D eigenvalue weighted by Crippen LogP contribution is 2.32. The number of rotatable bonds is 7. The monoisotopic (exact) mass is 314 g/mol. The molecule has 0 spiro atoms. The maximum atomic E-state index is 11.2. The zero-order valence-electron chi connectivity index (χ0n) is 12.9. The molecule has 0 radical (unpaired) electrons. The van der Waals surface area contributed by atoms with E-state index in [1.807, 2.05) is 30.3 Å². The third-order valence-corrected chi connectivity index (χ3v) is 3.24. The van der Waals surface area contributed by atoms with Crippen LogP contribution in [0.1, 0.15) is 12.5 Å². The van der Waals surface area contributed by atoms with Crippen LogP contribution in [0.15, 0.2) is 48.5 Å². The molecule has 23 heavy (non-hydrogen) atoms.